The van der Waals surface area contributed by atoms with Crippen molar-refractivity contribution in [2.24, 2.45) is 0 Å². The topological polar surface area (TPSA) is 153 Å². The van der Waals surface area contributed by atoms with Crippen LogP contribution in [0, 0.1) is 0 Å². The van der Waals surface area contributed by atoms with Crippen LogP contribution in [0.25, 0.3) is 11.0 Å². The highest BCUT2D eigenvalue weighted by Crippen LogP contribution is 2.60. The molecular formula is C9H12N2O7P2. The molecule has 0 amide bonds. The molecular weight excluding hydrogens is 310 g/mol. The molecule has 11 heteroatoms. The second-order valence-electron chi connectivity index (χ2n) is 4.23. The maximum Gasteiger partial charge on any atom is 0.342 e. The van der Waals surface area contributed by atoms with Crippen LogP contribution in [0.2, 0.25) is 0 Å². The monoisotopic (exact) mass is 322 g/mol. The van der Waals surface area contributed by atoms with Gasteiger partial charge in [-0.25, -0.2) is 4.98 Å². The highest BCUT2D eigenvalue weighted by atomic mass is 31.2. The number of hydrogen-bond donors (Lipinski definition) is 5. The fourth-order valence-electron chi connectivity index (χ4n) is 1.78. The third-order valence-electron chi connectivity index (χ3n) is 2.74. The number of phenolic OH excluding ortho intramolecular Hbond substituents is 1. The van der Waals surface area contributed by atoms with Crippen LogP contribution in [0.5, 0.6) is 5.75 Å². The number of aromatic hydroxyl groups is 1. The number of hydrogen-bond acceptors (Lipinski definition) is 4. The molecule has 0 spiro atoms. The van der Waals surface area contributed by atoms with E-state index in [-0.39, 0.29) is 5.75 Å². The van der Waals surface area contributed by atoms with Gasteiger partial charge >= 0.3 is 15.2 Å². The van der Waals surface area contributed by atoms with Gasteiger partial charge in [0.15, 0.2) is 5.40 Å². The highest BCUT2D eigenvalue weighted by molar-refractivity contribution is 7.70. The second-order valence-corrected chi connectivity index (χ2v) is 8.24. The molecule has 0 fully saturated rings. The normalized spacial score (nSPS) is 13.2. The zero-order valence-corrected chi connectivity index (χ0v) is 11.7. The molecule has 0 saturated carbocycles. The van der Waals surface area contributed by atoms with Gasteiger partial charge in [-0.05, 0) is 12.1 Å². The maximum absolute atomic E-state index is 11.2. The van der Waals surface area contributed by atoms with Crippen molar-refractivity contribution in [2.75, 3.05) is 0 Å². The van der Waals surface area contributed by atoms with E-state index in [0.717, 1.165) is 0 Å². The number of phenols is 1. The lowest BCUT2D eigenvalue weighted by atomic mass is 10.3. The molecule has 20 heavy (non-hydrogen) atoms. The van der Waals surface area contributed by atoms with Gasteiger partial charge < -0.3 is 29.2 Å². The molecule has 1 aromatic heterocycles. The molecule has 110 valence electrons. The van der Waals surface area contributed by atoms with Crippen molar-refractivity contribution in [3.8, 4) is 5.75 Å². The van der Waals surface area contributed by atoms with Crippen LogP contribution < -0.4 is 0 Å². The van der Waals surface area contributed by atoms with Gasteiger partial charge in [-0.1, -0.05) is 0 Å². The Hall–Kier alpha value is -1.21. The van der Waals surface area contributed by atoms with E-state index in [9.17, 15) is 14.2 Å². The Kier molecular flexibility index (Phi) is 3.77. The lowest BCUT2D eigenvalue weighted by Crippen LogP contribution is -2.16. The predicted molar refractivity (Wildman–Crippen MR) is 69.3 cm³/mol. The van der Waals surface area contributed by atoms with Crippen LogP contribution in [0.15, 0.2) is 24.5 Å². The van der Waals surface area contributed by atoms with E-state index in [2.05, 4.69) is 4.98 Å². The first-order valence-corrected chi connectivity index (χ1v) is 8.69. The Morgan fingerprint density at radius 1 is 1.15 bits per heavy atom. The first kappa shape index (κ1) is 15.2. The molecule has 1 aromatic carbocycles. The minimum absolute atomic E-state index is 0.0377. The largest absolute Gasteiger partial charge is 0.508 e. The fourth-order valence-corrected chi connectivity index (χ4v) is 4.13. The number of fused-ring (bicyclic) bond motifs is 1. The molecule has 0 unspecified atom stereocenters. The fraction of sp³-hybridized carbons (Fsp3) is 0.222. The Bertz CT molecular complexity index is 709. The SMILES string of the molecule is O=P(O)(O)C(Cn1cnc2cc(O)ccc21)P(=O)(O)O. The van der Waals surface area contributed by atoms with Crippen LogP contribution in [0.3, 0.4) is 0 Å². The van der Waals surface area contributed by atoms with Gasteiger partial charge in [-0.2, -0.15) is 0 Å². The van der Waals surface area contributed by atoms with Crippen LogP contribution in [-0.4, -0.2) is 39.6 Å². The van der Waals surface area contributed by atoms with Crippen molar-refractivity contribution in [2.45, 2.75) is 11.9 Å². The lowest BCUT2D eigenvalue weighted by molar-refractivity contribution is 0.332. The molecule has 5 N–H and O–H groups in total. The molecule has 9 nitrogen and oxygen atoms in total. The third-order valence-corrected chi connectivity index (χ3v) is 6.43. The number of nitrogens with zero attached hydrogens (tertiary/aromatic N) is 2. The zero-order valence-electron chi connectivity index (χ0n) is 9.94. The molecule has 0 saturated heterocycles. The minimum Gasteiger partial charge on any atom is -0.508 e. The maximum atomic E-state index is 11.2. The van der Waals surface area contributed by atoms with Gasteiger partial charge in [-0.3, -0.25) is 9.13 Å². The average Bonchev–Trinajstić information content (AvgIpc) is 2.64. The molecule has 0 aliphatic rings. The summed E-state index contributed by atoms with van der Waals surface area (Å²) < 4.78 is 23.7. The summed E-state index contributed by atoms with van der Waals surface area (Å²) in [5.41, 5.74) is 0.745. The Balaban J connectivity index is 2.44. The van der Waals surface area contributed by atoms with Gasteiger partial charge in [-0.15, -0.1) is 0 Å². The molecule has 0 radical (unpaired) electrons. The van der Waals surface area contributed by atoms with E-state index in [1.165, 1.54) is 29.1 Å². The van der Waals surface area contributed by atoms with Gasteiger partial charge in [0.1, 0.15) is 5.75 Å². The van der Waals surface area contributed by atoms with E-state index in [0.29, 0.717) is 11.0 Å². The van der Waals surface area contributed by atoms with E-state index in [1.807, 2.05) is 0 Å². The Morgan fingerprint density at radius 3 is 2.30 bits per heavy atom. The van der Waals surface area contributed by atoms with E-state index in [1.54, 1.807) is 0 Å². The van der Waals surface area contributed by atoms with E-state index >= 15 is 0 Å². The second kappa shape index (κ2) is 4.96. The number of aromatic nitrogens is 2. The molecule has 0 aliphatic heterocycles. The Morgan fingerprint density at radius 2 is 1.75 bits per heavy atom. The molecule has 2 rings (SSSR count). The van der Waals surface area contributed by atoms with Crippen LogP contribution >= 0.6 is 15.2 Å². The van der Waals surface area contributed by atoms with Crippen molar-refractivity contribution < 1.29 is 33.8 Å². The quantitative estimate of drug-likeness (QED) is 0.508. The summed E-state index contributed by atoms with van der Waals surface area (Å²) in [6.07, 6.45) is 1.20. The molecule has 2 aromatic rings. The lowest BCUT2D eigenvalue weighted by Gasteiger charge is -2.20. The average molecular weight is 322 g/mol. The van der Waals surface area contributed by atoms with Crippen molar-refractivity contribution in [1.29, 1.82) is 0 Å². The molecule has 0 aliphatic carbocycles. The summed E-state index contributed by atoms with van der Waals surface area (Å²) in [4.78, 5) is 40.2. The van der Waals surface area contributed by atoms with Crippen LogP contribution in [0.4, 0.5) is 0 Å². The summed E-state index contributed by atoms with van der Waals surface area (Å²) in [6, 6.07) is 4.11. The van der Waals surface area contributed by atoms with Crippen molar-refractivity contribution >= 4 is 26.2 Å². The first-order chi connectivity index (χ1) is 9.09. The van der Waals surface area contributed by atoms with E-state index < -0.39 is 27.1 Å². The molecule has 0 atom stereocenters. The smallest absolute Gasteiger partial charge is 0.342 e. The summed E-state index contributed by atoms with van der Waals surface area (Å²) in [5.74, 6) is -0.0377. The summed E-state index contributed by atoms with van der Waals surface area (Å²) in [5, 5.41) is 7.14. The van der Waals surface area contributed by atoms with Gasteiger partial charge in [0.25, 0.3) is 0 Å². The summed E-state index contributed by atoms with van der Waals surface area (Å²) in [6.45, 7) is -0.587. The van der Waals surface area contributed by atoms with Gasteiger partial charge in [0.05, 0.1) is 17.4 Å². The van der Waals surface area contributed by atoms with Gasteiger partial charge in [0.2, 0.25) is 0 Å². The summed E-state index contributed by atoms with van der Waals surface area (Å²) in [7, 11) is -9.97. The number of rotatable bonds is 4. The van der Waals surface area contributed by atoms with E-state index in [4.69, 9.17) is 19.6 Å². The highest BCUT2D eigenvalue weighted by Gasteiger charge is 2.43. The predicted octanol–water partition coefficient (Wildman–Crippen LogP) is 0.423. The number of imidazole rings is 1. The van der Waals surface area contributed by atoms with Gasteiger partial charge in [0, 0.05) is 12.6 Å². The molecule has 1 heterocycles. The van der Waals surface area contributed by atoms with Crippen LogP contribution in [0.1, 0.15) is 0 Å². The summed E-state index contributed by atoms with van der Waals surface area (Å²) >= 11 is 0. The standard InChI is InChI=1S/C9H12N2O7P2/c12-6-1-2-8-7(3-6)10-5-11(8)4-9(19(13,14)15)20(16,17)18/h1-3,5,9,12H,4H2,(H2,13,14,15)(H2,16,17,18). The Labute approximate surface area is 112 Å². The first-order valence-electron chi connectivity index (χ1n) is 5.33. The third kappa shape index (κ3) is 3.09. The zero-order chi connectivity index (χ0) is 15.1. The van der Waals surface area contributed by atoms with Crippen molar-refractivity contribution in [3.63, 3.8) is 0 Å². The molecule has 0 bridgehead atoms. The van der Waals surface area contributed by atoms with Crippen molar-refractivity contribution in [3.05, 3.63) is 24.5 Å². The van der Waals surface area contributed by atoms with Crippen LogP contribution in [-0.2, 0) is 15.7 Å². The number of benzene rings is 1. The van der Waals surface area contributed by atoms with Crippen molar-refractivity contribution in [1.82, 2.24) is 9.55 Å². The minimum atomic E-state index is -4.99.